The summed E-state index contributed by atoms with van der Waals surface area (Å²) >= 11 is 0. The summed E-state index contributed by atoms with van der Waals surface area (Å²) in [5, 5.41) is 18.6. The lowest BCUT2D eigenvalue weighted by Gasteiger charge is -2.18. The van der Waals surface area contributed by atoms with Gasteiger partial charge in [0.1, 0.15) is 11.9 Å². The van der Waals surface area contributed by atoms with Crippen molar-refractivity contribution in [2.24, 2.45) is 5.92 Å². The SMILES string of the molecule is O=C1C[C@@H](CC2=CC=C(O)C(O)C2)CO1. The smallest absolute Gasteiger partial charge is 0.306 e. The Morgan fingerprint density at radius 2 is 2.20 bits per heavy atom. The topological polar surface area (TPSA) is 66.8 Å². The zero-order chi connectivity index (χ0) is 10.8. The second-order valence-corrected chi connectivity index (χ2v) is 4.09. The lowest BCUT2D eigenvalue weighted by Crippen LogP contribution is -2.15. The molecule has 4 nitrogen and oxygen atoms in total. The minimum Gasteiger partial charge on any atom is -0.510 e. The van der Waals surface area contributed by atoms with Crippen LogP contribution in [0.25, 0.3) is 0 Å². The average molecular weight is 210 g/mol. The van der Waals surface area contributed by atoms with Crippen molar-refractivity contribution < 1.29 is 19.7 Å². The molecular weight excluding hydrogens is 196 g/mol. The van der Waals surface area contributed by atoms with E-state index in [1.165, 1.54) is 6.08 Å². The third kappa shape index (κ3) is 2.39. The summed E-state index contributed by atoms with van der Waals surface area (Å²) in [6.07, 6.45) is 4.21. The Labute approximate surface area is 87.9 Å². The van der Waals surface area contributed by atoms with Crippen molar-refractivity contribution in [1.29, 1.82) is 0 Å². The van der Waals surface area contributed by atoms with Gasteiger partial charge in [-0.1, -0.05) is 11.6 Å². The van der Waals surface area contributed by atoms with Gasteiger partial charge in [-0.2, -0.15) is 0 Å². The van der Waals surface area contributed by atoms with Crippen LogP contribution in [-0.4, -0.2) is 28.9 Å². The number of esters is 1. The Morgan fingerprint density at radius 3 is 2.80 bits per heavy atom. The van der Waals surface area contributed by atoms with Crippen molar-refractivity contribution in [2.75, 3.05) is 6.61 Å². The molecule has 4 heteroatoms. The van der Waals surface area contributed by atoms with Crippen molar-refractivity contribution in [1.82, 2.24) is 0 Å². The van der Waals surface area contributed by atoms with E-state index >= 15 is 0 Å². The van der Waals surface area contributed by atoms with E-state index < -0.39 is 6.10 Å². The van der Waals surface area contributed by atoms with E-state index in [2.05, 4.69) is 0 Å². The Balaban J connectivity index is 1.93. The Hall–Kier alpha value is -1.29. The molecule has 1 unspecified atom stereocenters. The molecule has 0 radical (unpaired) electrons. The molecule has 1 fully saturated rings. The van der Waals surface area contributed by atoms with Crippen LogP contribution in [-0.2, 0) is 9.53 Å². The Bertz CT molecular complexity index is 329. The summed E-state index contributed by atoms with van der Waals surface area (Å²) in [7, 11) is 0. The molecule has 2 N–H and O–H groups in total. The van der Waals surface area contributed by atoms with E-state index in [9.17, 15) is 15.0 Å². The molecule has 2 atom stereocenters. The fourth-order valence-electron chi connectivity index (χ4n) is 1.95. The maximum atomic E-state index is 10.9. The average Bonchev–Trinajstić information content (AvgIpc) is 2.58. The first-order valence-corrected chi connectivity index (χ1v) is 5.07. The number of carbonyl (C=O) groups is 1. The van der Waals surface area contributed by atoms with Gasteiger partial charge in [-0.25, -0.2) is 0 Å². The number of cyclic esters (lactones) is 1. The summed E-state index contributed by atoms with van der Waals surface area (Å²) in [5.41, 5.74) is 1.06. The van der Waals surface area contributed by atoms with Crippen LogP contribution in [0.2, 0.25) is 0 Å². The molecule has 2 rings (SSSR count). The molecule has 1 aliphatic heterocycles. The normalized spacial score (nSPS) is 30.9. The quantitative estimate of drug-likeness (QED) is 0.669. The molecule has 0 aromatic rings. The lowest BCUT2D eigenvalue weighted by molar-refractivity contribution is -0.137. The van der Waals surface area contributed by atoms with Gasteiger partial charge in [0.05, 0.1) is 13.0 Å². The molecule has 1 saturated heterocycles. The molecule has 0 bridgehead atoms. The van der Waals surface area contributed by atoms with Crippen molar-refractivity contribution in [3.63, 3.8) is 0 Å². The zero-order valence-corrected chi connectivity index (χ0v) is 8.35. The van der Waals surface area contributed by atoms with E-state index in [1.807, 2.05) is 6.08 Å². The number of allylic oxidation sites excluding steroid dienone is 2. The van der Waals surface area contributed by atoms with E-state index in [-0.39, 0.29) is 17.6 Å². The number of aliphatic hydroxyl groups excluding tert-OH is 2. The highest BCUT2D eigenvalue weighted by Gasteiger charge is 2.26. The molecule has 15 heavy (non-hydrogen) atoms. The van der Waals surface area contributed by atoms with Crippen LogP contribution < -0.4 is 0 Å². The van der Waals surface area contributed by atoms with Crippen LogP contribution >= 0.6 is 0 Å². The van der Waals surface area contributed by atoms with Crippen molar-refractivity contribution in [3.8, 4) is 0 Å². The predicted octanol–water partition coefficient (Wildman–Crippen LogP) is 1.07. The molecule has 1 heterocycles. The highest BCUT2D eigenvalue weighted by atomic mass is 16.5. The van der Waals surface area contributed by atoms with Crippen LogP contribution in [0.3, 0.4) is 0 Å². The first-order valence-electron chi connectivity index (χ1n) is 5.07. The minimum absolute atomic E-state index is 0.0116. The number of ether oxygens (including phenoxy) is 1. The minimum atomic E-state index is -0.789. The van der Waals surface area contributed by atoms with E-state index in [0.717, 1.165) is 12.0 Å². The summed E-state index contributed by atoms with van der Waals surface area (Å²) in [5.74, 6) is 0.0949. The van der Waals surface area contributed by atoms with Gasteiger partial charge in [0.15, 0.2) is 0 Å². The van der Waals surface area contributed by atoms with Crippen molar-refractivity contribution in [3.05, 3.63) is 23.5 Å². The number of rotatable bonds is 2. The van der Waals surface area contributed by atoms with Gasteiger partial charge < -0.3 is 14.9 Å². The molecule has 82 valence electrons. The van der Waals surface area contributed by atoms with E-state index in [0.29, 0.717) is 19.4 Å². The van der Waals surface area contributed by atoms with Crippen LogP contribution in [0, 0.1) is 5.92 Å². The molecule has 0 amide bonds. The summed E-state index contributed by atoms with van der Waals surface area (Å²) < 4.78 is 4.86. The van der Waals surface area contributed by atoms with Crippen molar-refractivity contribution in [2.45, 2.75) is 25.4 Å². The molecule has 0 aromatic heterocycles. The summed E-state index contributed by atoms with van der Waals surface area (Å²) in [6.45, 7) is 0.474. The van der Waals surface area contributed by atoms with Gasteiger partial charge >= 0.3 is 5.97 Å². The molecule has 0 spiro atoms. The van der Waals surface area contributed by atoms with Crippen LogP contribution in [0.1, 0.15) is 19.3 Å². The van der Waals surface area contributed by atoms with Gasteiger partial charge in [-0.05, 0) is 12.5 Å². The van der Waals surface area contributed by atoms with Gasteiger partial charge in [-0.15, -0.1) is 0 Å². The van der Waals surface area contributed by atoms with Gasteiger partial charge in [0.25, 0.3) is 0 Å². The number of aliphatic hydroxyl groups is 2. The van der Waals surface area contributed by atoms with E-state index in [1.54, 1.807) is 0 Å². The maximum Gasteiger partial charge on any atom is 0.306 e. The summed E-state index contributed by atoms with van der Waals surface area (Å²) in [4.78, 5) is 10.9. The zero-order valence-electron chi connectivity index (χ0n) is 8.35. The highest BCUT2D eigenvalue weighted by molar-refractivity contribution is 5.71. The number of hydrogen-bond acceptors (Lipinski definition) is 4. The van der Waals surface area contributed by atoms with Crippen LogP contribution in [0.5, 0.6) is 0 Å². The number of carbonyl (C=O) groups excluding carboxylic acids is 1. The van der Waals surface area contributed by atoms with Crippen LogP contribution in [0.4, 0.5) is 0 Å². The monoisotopic (exact) mass is 210 g/mol. The number of hydrogen-bond donors (Lipinski definition) is 2. The molecule has 2 aliphatic rings. The highest BCUT2D eigenvalue weighted by Crippen LogP contribution is 2.27. The Kier molecular flexibility index (Phi) is 2.77. The maximum absolute atomic E-state index is 10.9. The molecule has 0 saturated carbocycles. The third-order valence-electron chi connectivity index (χ3n) is 2.77. The molecule has 0 aromatic carbocycles. The second-order valence-electron chi connectivity index (χ2n) is 4.09. The Morgan fingerprint density at radius 1 is 1.40 bits per heavy atom. The molecular formula is C11H14O4. The van der Waals surface area contributed by atoms with Gasteiger partial charge in [-0.3, -0.25) is 4.79 Å². The van der Waals surface area contributed by atoms with E-state index in [4.69, 9.17) is 4.74 Å². The predicted molar refractivity (Wildman–Crippen MR) is 53.1 cm³/mol. The van der Waals surface area contributed by atoms with Crippen LogP contribution in [0.15, 0.2) is 23.5 Å². The standard InChI is InChI=1S/C11H14O4/c12-9-2-1-7(4-10(9)13)3-8-5-11(14)15-6-8/h1-2,8,10,12-13H,3-6H2/t8-,10?/m1/s1. The first kappa shape index (κ1) is 10.2. The first-order chi connectivity index (χ1) is 7.15. The van der Waals surface area contributed by atoms with Gasteiger partial charge in [0.2, 0.25) is 0 Å². The van der Waals surface area contributed by atoms with Gasteiger partial charge in [0, 0.05) is 12.3 Å². The fraction of sp³-hybridized carbons (Fsp3) is 0.545. The van der Waals surface area contributed by atoms with Crippen molar-refractivity contribution >= 4 is 5.97 Å². The lowest BCUT2D eigenvalue weighted by atomic mass is 9.91. The fourth-order valence-corrected chi connectivity index (χ4v) is 1.95. The largest absolute Gasteiger partial charge is 0.510 e. The third-order valence-corrected chi connectivity index (χ3v) is 2.77. The second kappa shape index (κ2) is 4.06. The molecule has 1 aliphatic carbocycles. The summed E-state index contributed by atoms with van der Waals surface area (Å²) in [6, 6.07) is 0.